The number of hydrogen-bond donors (Lipinski definition) is 0. The average Bonchev–Trinajstić information content (AvgIpc) is 3.24. The first-order valence-corrected chi connectivity index (χ1v) is 11.5. The van der Waals surface area contributed by atoms with Gasteiger partial charge in [-0.2, -0.15) is 0 Å². The first-order chi connectivity index (χ1) is 12.0. The van der Waals surface area contributed by atoms with Crippen LogP contribution >= 0.6 is 34.7 Å². The van der Waals surface area contributed by atoms with E-state index in [0.29, 0.717) is 10.8 Å². The Kier molecular flexibility index (Phi) is 5.83. The molecule has 0 amide bonds. The number of hydrogen-bond acceptors (Lipinski definition) is 6. The van der Waals surface area contributed by atoms with E-state index < -0.39 is 9.84 Å². The lowest BCUT2D eigenvalue weighted by molar-refractivity contribution is 0.597. The van der Waals surface area contributed by atoms with Crippen LogP contribution in [-0.2, 0) is 16.4 Å². The molecule has 2 heterocycles. The fourth-order valence-corrected chi connectivity index (χ4v) is 5.76. The number of halogens is 1. The highest BCUT2D eigenvalue weighted by molar-refractivity contribution is 8.00. The number of sulfone groups is 1. The summed E-state index contributed by atoms with van der Waals surface area (Å²) in [5, 5.41) is 11.7. The molecule has 0 aliphatic heterocycles. The molecule has 1 aromatic carbocycles. The Morgan fingerprint density at radius 2 is 1.96 bits per heavy atom. The zero-order chi connectivity index (χ0) is 17.9. The third-order valence-electron chi connectivity index (χ3n) is 3.53. The summed E-state index contributed by atoms with van der Waals surface area (Å²) < 4.78 is 26.8. The van der Waals surface area contributed by atoms with E-state index >= 15 is 0 Å². The third-order valence-corrected chi connectivity index (χ3v) is 7.61. The first-order valence-electron chi connectivity index (χ1n) is 7.59. The van der Waals surface area contributed by atoms with Gasteiger partial charge >= 0.3 is 0 Å². The largest absolute Gasteiger partial charge is 0.302 e. The second-order valence-corrected chi connectivity index (χ2v) is 9.70. The van der Waals surface area contributed by atoms with E-state index in [1.165, 1.54) is 23.9 Å². The summed E-state index contributed by atoms with van der Waals surface area (Å²) in [5.74, 6) is 1.26. The molecule has 0 saturated carbocycles. The predicted molar refractivity (Wildman–Crippen MR) is 103 cm³/mol. The number of nitrogens with zero attached hydrogens (tertiary/aromatic N) is 3. The molecule has 0 aliphatic carbocycles. The van der Waals surface area contributed by atoms with Crippen molar-refractivity contribution in [3.8, 4) is 10.7 Å². The summed E-state index contributed by atoms with van der Waals surface area (Å²) in [6.45, 7) is 2.75. The maximum atomic E-state index is 12.4. The van der Waals surface area contributed by atoms with E-state index in [-0.39, 0.29) is 10.6 Å². The van der Waals surface area contributed by atoms with Crippen LogP contribution in [0.25, 0.3) is 10.7 Å². The van der Waals surface area contributed by atoms with E-state index in [1.54, 1.807) is 23.5 Å². The van der Waals surface area contributed by atoms with Crippen LogP contribution in [0.2, 0.25) is 5.02 Å². The molecular weight excluding hydrogens is 398 g/mol. The minimum Gasteiger partial charge on any atom is -0.302 e. The van der Waals surface area contributed by atoms with Crippen molar-refractivity contribution < 1.29 is 8.42 Å². The molecule has 2 aromatic heterocycles. The Morgan fingerprint density at radius 1 is 1.20 bits per heavy atom. The van der Waals surface area contributed by atoms with Crippen molar-refractivity contribution >= 4 is 44.5 Å². The molecule has 0 fully saturated rings. The van der Waals surface area contributed by atoms with Crippen molar-refractivity contribution in [1.82, 2.24) is 14.8 Å². The van der Waals surface area contributed by atoms with Crippen molar-refractivity contribution in [2.75, 3.05) is 11.5 Å². The zero-order valence-corrected chi connectivity index (χ0v) is 16.6. The molecule has 0 atom stereocenters. The minimum atomic E-state index is -3.34. The Balaban J connectivity index is 1.69. The van der Waals surface area contributed by atoms with Gasteiger partial charge in [0.15, 0.2) is 20.8 Å². The highest BCUT2D eigenvalue weighted by Crippen LogP contribution is 2.27. The zero-order valence-electron chi connectivity index (χ0n) is 13.4. The topological polar surface area (TPSA) is 64.8 Å². The van der Waals surface area contributed by atoms with Crippen LogP contribution in [0.15, 0.2) is 51.8 Å². The lowest BCUT2D eigenvalue weighted by Gasteiger charge is -2.07. The van der Waals surface area contributed by atoms with Crippen molar-refractivity contribution in [2.45, 2.75) is 23.5 Å². The van der Waals surface area contributed by atoms with Gasteiger partial charge in [-0.25, -0.2) is 8.42 Å². The van der Waals surface area contributed by atoms with E-state index in [9.17, 15) is 8.42 Å². The molecular formula is C16H16ClN3O2S3. The number of aromatic nitrogens is 3. The first kappa shape index (κ1) is 18.4. The SMILES string of the molecule is CCn1c(SCCS(=O)(=O)c2ccc(Cl)cc2)nnc1-c1cccs1. The Bertz CT molecular complexity index is 936. The predicted octanol–water partition coefficient (Wildman–Crippen LogP) is 4.25. The van der Waals surface area contributed by atoms with Gasteiger partial charge in [0.1, 0.15) is 0 Å². The fourth-order valence-electron chi connectivity index (χ4n) is 2.27. The summed E-state index contributed by atoms with van der Waals surface area (Å²) >= 11 is 8.82. The van der Waals surface area contributed by atoms with Gasteiger partial charge in [-0.05, 0) is 42.6 Å². The second-order valence-electron chi connectivity index (χ2n) is 5.15. The second kappa shape index (κ2) is 7.90. The van der Waals surface area contributed by atoms with Gasteiger partial charge in [0.05, 0.1) is 15.5 Å². The van der Waals surface area contributed by atoms with E-state index in [4.69, 9.17) is 11.6 Å². The number of benzene rings is 1. The number of thioether (sulfide) groups is 1. The summed E-state index contributed by atoms with van der Waals surface area (Å²) in [6.07, 6.45) is 0. The van der Waals surface area contributed by atoms with E-state index in [1.807, 2.05) is 29.0 Å². The van der Waals surface area contributed by atoms with Gasteiger partial charge in [-0.1, -0.05) is 29.4 Å². The molecule has 0 saturated heterocycles. The average molecular weight is 414 g/mol. The molecule has 132 valence electrons. The van der Waals surface area contributed by atoms with Crippen LogP contribution in [0.5, 0.6) is 0 Å². The highest BCUT2D eigenvalue weighted by atomic mass is 35.5. The monoisotopic (exact) mass is 413 g/mol. The Labute approximate surface area is 160 Å². The minimum absolute atomic E-state index is 0.0320. The maximum absolute atomic E-state index is 12.4. The summed E-state index contributed by atoms with van der Waals surface area (Å²) in [7, 11) is -3.34. The van der Waals surface area contributed by atoms with Gasteiger partial charge in [-0.15, -0.1) is 21.5 Å². The smallest absolute Gasteiger partial charge is 0.191 e. The van der Waals surface area contributed by atoms with Crippen LogP contribution in [0.1, 0.15) is 6.92 Å². The van der Waals surface area contributed by atoms with Crippen molar-refractivity contribution in [1.29, 1.82) is 0 Å². The van der Waals surface area contributed by atoms with Crippen molar-refractivity contribution in [3.05, 3.63) is 46.8 Å². The molecule has 3 aromatic rings. The van der Waals surface area contributed by atoms with Crippen LogP contribution < -0.4 is 0 Å². The van der Waals surface area contributed by atoms with E-state index in [0.717, 1.165) is 22.4 Å². The summed E-state index contributed by atoms with van der Waals surface area (Å²) in [5.41, 5.74) is 0. The fraction of sp³-hybridized carbons (Fsp3) is 0.250. The normalized spacial score (nSPS) is 11.8. The van der Waals surface area contributed by atoms with Crippen LogP contribution in [0.4, 0.5) is 0 Å². The molecule has 0 radical (unpaired) electrons. The van der Waals surface area contributed by atoms with Gasteiger partial charge in [0, 0.05) is 17.3 Å². The van der Waals surface area contributed by atoms with E-state index in [2.05, 4.69) is 10.2 Å². The lowest BCUT2D eigenvalue weighted by atomic mass is 10.4. The molecule has 3 rings (SSSR count). The molecule has 25 heavy (non-hydrogen) atoms. The van der Waals surface area contributed by atoms with Gasteiger partial charge in [-0.3, -0.25) is 0 Å². The molecule has 9 heteroatoms. The van der Waals surface area contributed by atoms with Crippen LogP contribution in [0, 0.1) is 0 Å². The molecule has 5 nitrogen and oxygen atoms in total. The maximum Gasteiger partial charge on any atom is 0.191 e. The van der Waals surface area contributed by atoms with Crippen molar-refractivity contribution in [3.63, 3.8) is 0 Å². The quantitative estimate of drug-likeness (QED) is 0.542. The Morgan fingerprint density at radius 3 is 2.60 bits per heavy atom. The standard InChI is InChI=1S/C16H16ClN3O2S3/c1-2-20-15(14-4-3-9-23-14)18-19-16(20)24-10-11-25(21,22)13-7-5-12(17)6-8-13/h3-9H,2,10-11H2,1H3. The van der Waals surface area contributed by atoms with Gasteiger partial charge in [0.25, 0.3) is 0 Å². The summed E-state index contributed by atoms with van der Waals surface area (Å²) in [6, 6.07) is 10.2. The molecule has 0 aliphatic rings. The Hall–Kier alpha value is -1.35. The third kappa shape index (κ3) is 4.25. The van der Waals surface area contributed by atoms with Crippen LogP contribution in [-0.4, -0.2) is 34.7 Å². The van der Waals surface area contributed by atoms with Crippen LogP contribution in [0.3, 0.4) is 0 Å². The van der Waals surface area contributed by atoms with Gasteiger partial charge in [0.2, 0.25) is 0 Å². The molecule has 0 N–H and O–H groups in total. The number of rotatable bonds is 7. The highest BCUT2D eigenvalue weighted by Gasteiger charge is 2.17. The lowest BCUT2D eigenvalue weighted by Crippen LogP contribution is -2.09. The molecule has 0 unspecified atom stereocenters. The summed E-state index contributed by atoms with van der Waals surface area (Å²) in [4.78, 5) is 1.34. The molecule has 0 bridgehead atoms. The number of thiophene rings is 1. The molecule has 0 spiro atoms. The van der Waals surface area contributed by atoms with Gasteiger partial charge < -0.3 is 4.57 Å². The van der Waals surface area contributed by atoms with Crippen molar-refractivity contribution in [2.24, 2.45) is 0 Å².